The zero-order valence-electron chi connectivity index (χ0n) is 4.93. The van der Waals surface area contributed by atoms with Crippen LogP contribution >= 0.6 is 0 Å². The van der Waals surface area contributed by atoms with Crippen LogP contribution in [0, 0.1) is 0 Å². The maximum atomic E-state index is 10.1. The minimum absolute atomic E-state index is 0. The molecule has 0 spiro atoms. The second-order valence-corrected chi connectivity index (χ2v) is 1.24. The molecule has 0 saturated carbocycles. The van der Waals surface area contributed by atoms with Crippen molar-refractivity contribution in [2.45, 2.75) is 13.2 Å². The third-order valence-electron chi connectivity index (χ3n) is 0.453. The van der Waals surface area contributed by atoms with Crippen LogP contribution in [0.4, 0.5) is 0 Å². The molecule has 1 N–H and O–H groups in total. The van der Waals surface area contributed by atoms with Crippen molar-refractivity contribution < 1.29 is 37.0 Å². The molecule has 0 rings (SSSR count). The first-order chi connectivity index (χ1) is 3.66. The molecule has 0 saturated heterocycles. The first-order valence-electron chi connectivity index (χ1n) is 2.18. The molecule has 1 atom stereocenters. The molecule has 1 unspecified atom stereocenters. The Morgan fingerprint density at radius 1 is 1.89 bits per heavy atom. The quantitative estimate of drug-likeness (QED) is 0.339. The number of carbonyl (C=O) groups excluding carboxylic acids is 1. The minimum Gasteiger partial charge on any atom is -0.433 e. The molecule has 0 aliphatic carbocycles. The van der Waals surface area contributed by atoms with Gasteiger partial charge in [-0.1, -0.05) is 6.58 Å². The molecule has 9 heavy (non-hydrogen) atoms. The van der Waals surface area contributed by atoms with Crippen LogP contribution < -0.4 is 0 Å². The van der Waals surface area contributed by atoms with E-state index in [-0.39, 0.29) is 22.4 Å². The van der Waals surface area contributed by atoms with Crippen LogP contribution in [-0.4, -0.2) is 17.4 Å². The largest absolute Gasteiger partial charge is 0.433 e. The predicted octanol–water partition coefficient (Wildman–Crippen LogP) is 0.0514. The number of carbonyl (C=O) groups is 1. The van der Waals surface area contributed by atoms with Gasteiger partial charge in [0, 0.05) is 28.5 Å². The number of hydrogen-bond donors (Lipinski definition) is 1. The third kappa shape index (κ3) is 7.91. The van der Waals surface area contributed by atoms with Crippen LogP contribution in [0.1, 0.15) is 6.92 Å². The summed E-state index contributed by atoms with van der Waals surface area (Å²) in [6.07, 6.45) is -0.0484. The van der Waals surface area contributed by atoms with E-state index >= 15 is 0 Å². The molecule has 3 nitrogen and oxygen atoms in total. The average molecular weight is 313 g/mol. The number of ether oxygens (including phenoxy) is 1. The number of aliphatic hydroxyl groups is 1. The maximum absolute atomic E-state index is 10.1. The molecule has 1 radical (unpaired) electrons. The fourth-order valence-corrected chi connectivity index (χ4v) is 0.216. The van der Waals surface area contributed by atoms with Gasteiger partial charge in [0.15, 0.2) is 6.29 Å². The van der Waals surface area contributed by atoms with Crippen molar-refractivity contribution in [3.05, 3.63) is 12.7 Å². The molecule has 0 aliphatic heterocycles. The van der Waals surface area contributed by atoms with Crippen LogP contribution in [0.15, 0.2) is 12.7 Å². The zero-order chi connectivity index (χ0) is 6.57. The average Bonchev–Trinajstić information content (AvgIpc) is 1.65. The van der Waals surface area contributed by atoms with Gasteiger partial charge in [-0.05, 0) is 6.92 Å². The van der Waals surface area contributed by atoms with E-state index in [1.165, 1.54) is 6.92 Å². The fraction of sp³-hybridized carbons (Fsp3) is 0.400. The van der Waals surface area contributed by atoms with E-state index in [9.17, 15) is 4.79 Å². The minimum atomic E-state index is -1.04. The maximum Gasteiger partial charge on any atom is 0.332 e. The van der Waals surface area contributed by atoms with Gasteiger partial charge in [-0.15, -0.1) is 0 Å². The van der Waals surface area contributed by atoms with Gasteiger partial charge in [0.05, 0.1) is 0 Å². The molecular weight excluding hydrogens is 305 g/mol. The first kappa shape index (κ1) is 11.7. The van der Waals surface area contributed by atoms with Gasteiger partial charge in [0.2, 0.25) is 0 Å². The zero-order valence-corrected chi connectivity index (χ0v) is 7.09. The first-order valence-corrected chi connectivity index (χ1v) is 2.18. The van der Waals surface area contributed by atoms with Crippen molar-refractivity contribution in [2.24, 2.45) is 0 Å². The Balaban J connectivity index is 0. The number of esters is 1. The van der Waals surface area contributed by atoms with Crippen LogP contribution in [0.25, 0.3) is 0 Å². The topological polar surface area (TPSA) is 46.5 Å². The summed E-state index contributed by atoms with van der Waals surface area (Å²) in [6, 6.07) is 0. The molecule has 0 amide bonds. The van der Waals surface area contributed by atoms with Gasteiger partial charge in [0.1, 0.15) is 0 Å². The fourth-order valence-electron chi connectivity index (χ4n) is 0.216. The molecule has 0 bridgehead atoms. The Labute approximate surface area is 69.2 Å². The van der Waals surface area contributed by atoms with Crippen molar-refractivity contribution in [1.29, 1.82) is 0 Å². The molecule has 0 heterocycles. The van der Waals surface area contributed by atoms with E-state index in [1.807, 2.05) is 0 Å². The van der Waals surface area contributed by atoms with Gasteiger partial charge < -0.3 is 9.84 Å². The van der Waals surface area contributed by atoms with Crippen LogP contribution in [0.3, 0.4) is 0 Å². The van der Waals surface area contributed by atoms with Gasteiger partial charge in [-0.3, -0.25) is 0 Å². The second kappa shape index (κ2) is 6.04. The predicted molar refractivity (Wildman–Crippen MR) is 28.0 cm³/mol. The summed E-state index contributed by atoms with van der Waals surface area (Å²) >= 11 is 0. The Morgan fingerprint density at radius 3 is 2.44 bits per heavy atom. The Bertz CT molecular complexity index is 100. The second-order valence-electron chi connectivity index (χ2n) is 1.24. The molecule has 0 aromatic heterocycles. The molecular formula is C5H8AuO3. The van der Waals surface area contributed by atoms with E-state index in [4.69, 9.17) is 5.11 Å². The summed E-state index contributed by atoms with van der Waals surface area (Å²) in [5.41, 5.74) is 0. The van der Waals surface area contributed by atoms with Gasteiger partial charge in [-0.2, -0.15) is 0 Å². The molecule has 0 aliphatic rings. The molecule has 4 heteroatoms. The van der Waals surface area contributed by atoms with Gasteiger partial charge >= 0.3 is 5.97 Å². The summed E-state index contributed by atoms with van der Waals surface area (Å²) in [7, 11) is 0. The normalized spacial score (nSPS) is 10.9. The monoisotopic (exact) mass is 313 g/mol. The number of hydrogen-bond acceptors (Lipinski definition) is 3. The Kier molecular flexibility index (Phi) is 7.83. The molecule has 0 aromatic carbocycles. The SMILES string of the molecule is C=CC(=O)OC(C)O.[Au]. The standard InChI is InChI=1S/C5H8O3.Au/c1-3-5(7)8-4(2)6;/h3-4,6H,1H2,2H3;. The summed E-state index contributed by atoms with van der Waals surface area (Å²) in [5, 5.41) is 8.36. The van der Waals surface area contributed by atoms with E-state index in [0.29, 0.717) is 0 Å². The van der Waals surface area contributed by atoms with Crippen molar-refractivity contribution >= 4 is 5.97 Å². The Morgan fingerprint density at radius 2 is 2.33 bits per heavy atom. The summed E-state index contributed by atoms with van der Waals surface area (Å²) < 4.78 is 4.20. The van der Waals surface area contributed by atoms with E-state index < -0.39 is 12.3 Å². The summed E-state index contributed by atoms with van der Waals surface area (Å²) in [6.45, 7) is 4.48. The number of rotatable bonds is 2. The molecule has 0 fully saturated rings. The smallest absolute Gasteiger partial charge is 0.332 e. The summed E-state index contributed by atoms with van der Waals surface area (Å²) in [4.78, 5) is 10.1. The van der Waals surface area contributed by atoms with Crippen molar-refractivity contribution in [3.8, 4) is 0 Å². The number of aliphatic hydroxyl groups excluding tert-OH is 1. The van der Waals surface area contributed by atoms with Crippen molar-refractivity contribution in [1.82, 2.24) is 0 Å². The third-order valence-corrected chi connectivity index (χ3v) is 0.453. The molecule has 57 valence electrons. The van der Waals surface area contributed by atoms with Crippen LogP contribution in [0.2, 0.25) is 0 Å². The van der Waals surface area contributed by atoms with E-state index in [1.54, 1.807) is 0 Å². The van der Waals surface area contributed by atoms with E-state index in [0.717, 1.165) is 6.08 Å². The van der Waals surface area contributed by atoms with Crippen LogP contribution in [0.5, 0.6) is 0 Å². The van der Waals surface area contributed by atoms with Crippen LogP contribution in [-0.2, 0) is 31.9 Å². The van der Waals surface area contributed by atoms with Gasteiger partial charge in [0.25, 0.3) is 0 Å². The van der Waals surface area contributed by atoms with Gasteiger partial charge in [-0.25, -0.2) is 4.79 Å². The van der Waals surface area contributed by atoms with Crippen molar-refractivity contribution in [2.75, 3.05) is 0 Å². The summed E-state index contributed by atoms with van der Waals surface area (Å²) in [5.74, 6) is -0.611. The Hall–Kier alpha value is -0.0897. The van der Waals surface area contributed by atoms with Crippen molar-refractivity contribution in [3.63, 3.8) is 0 Å². The molecule has 0 aromatic rings. The van der Waals surface area contributed by atoms with E-state index in [2.05, 4.69) is 11.3 Å².